The van der Waals surface area contributed by atoms with Gasteiger partial charge in [-0.25, -0.2) is 0 Å². The second-order valence-electron chi connectivity index (χ2n) is 19.4. The molecule has 0 saturated heterocycles. The van der Waals surface area contributed by atoms with E-state index in [0.29, 0.717) is 0 Å². The van der Waals surface area contributed by atoms with Gasteiger partial charge in [-0.3, -0.25) is 0 Å². The summed E-state index contributed by atoms with van der Waals surface area (Å²) in [6.07, 6.45) is 4.90. The van der Waals surface area contributed by atoms with E-state index in [0.717, 1.165) is 0 Å². The predicted molar refractivity (Wildman–Crippen MR) is 253 cm³/mol. The molecular formula is C56H53BN2. The molecule has 1 aliphatic carbocycles. The zero-order chi connectivity index (χ0) is 40.4. The molecule has 3 heteroatoms. The number of benzene rings is 7. The first-order valence-corrected chi connectivity index (χ1v) is 21.8. The van der Waals surface area contributed by atoms with Crippen molar-refractivity contribution in [3.63, 3.8) is 0 Å². The van der Waals surface area contributed by atoms with Gasteiger partial charge in [0, 0.05) is 33.7 Å². The first-order valence-electron chi connectivity index (χ1n) is 21.8. The van der Waals surface area contributed by atoms with Gasteiger partial charge in [-0.15, -0.1) is 0 Å². The molecule has 1 fully saturated rings. The summed E-state index contributed by atoms with van der Waals surface area (Å²) in [4.78, 5) is 5.59. The molecule has 0 N–H and O–H groups in total. The predicted octanol–water partition coefficient (Wildman–Crippen LogP) is 13.6. The molecule has 0 bridgehead atoms. The highest BCUT2D eigenvalue weighted by Crippen LogP contribution is 2.63. The maximum absolute atomic E-state index is 2.89. The van der Waals surface area contributed by atoms with Crippen molar-refractivity contribution < 1.29 is 0 Å². The van der Waals surface area contributed by atoms with E-state index < -0.39 is 0 Å². The van der Waals surface area contributed by atoms with Gasteiger partial charge in [0.15, 0.2) is 0 Å². The number of aryl methyl sites for hydroxylation is 2. The molecule has 0 aromatic heterocycles. The highest BCUT2D eigenvalue weighted by Gasteiger charge is 2.62. The lowest BCUT2D eigenvalue weighted by molar-refractivity contribution is 0.195. The first kappa shape index (κ1) is 36.3. The number of hydrogen-bond acceptors (Lipinski definition) is 2. The Bertz CT molecular complexity index is 2800. The van der Waals surface area contributed by atoms with Crippen LogP contribution in [-0.4, -0.2) is 12.4 Å². The fraction of sp³-hybridized carbons (Fsp3) is 0.250. The minimum atomic E-state index is -0.0642. The molecular weight excluding hydrogens is 711 g/mol. The van der Waals surface area contributed by atoms with Crippen LogP contribution in [0.5, 0.6) is 0 Å². The normalized spacial score (nSPS) is 19.9. The maximum atomic E-state index is 2.89. The van der Waals surface area contributed by atoms with Gasteiger partial charge in [-0.05, 0) is 148 Å². The Labute approximate surface area is 351 Å². The average molecular weight is 765 g/mol. The minimum Gasteiger partial charge on any atom is -0.376 e. The molecule has 2 nitrogen and oxygen atoms in total. The third-order valence-electron chi connectivity index (χ3n) is 15.0. The summed E-state index contributed by atoms with van der Waals surface area (Å²) in [5.41, 5.74) is 24.1. The van der Waals surface area contributed by atoms with E-state index in [1.807, 2.05) is 0 Å². The van der Waals surface area contributed by atoms with Crippen molar-refractivity contribution in [1.82, 2.24) is 0 Å². The van der Waals surface area contributed by atoms with E-state index in [9.17, 15) is 0 Å². The lowest BCUT2D eigenvalue weighted by atomic mass is 9.43. The zero-order valence-corrected chi connectivity index (χ0v) is 35.7. The van der Waals surface area contributed by atoms with Gasteiger partial charge in [0.2, 0.25) is 0 Å². The van der Waals surface area contributed by atoms with Crippen LogP contribution in [0.1, 0.15) is 82.6 Å². The van der Waals surface area contributed by atoms with E-state index in [1.54, 1.807) is 5.56 Å². The Kier molecular flexibility index (Phi) is 7.91. The highest BCUT2D eigenvalue weighted by atomic mass is 15.3. The monoisotopic (exact) mass is 764 g/mol. The van der Waals surface area contributed by atoms with Crippen LogP contribution in [0, 0.1) is 13.8 Å². The summed E-state index contributed by atoms with van der Waals surface area (Å²) in [5, 5.41) is 0. The van der Waals surface area contributed by atoms with Crippen LogP contribution in [0.2, 0.25) is 0 Å². The minimum absolute atomic E-state index is 0.00493. The zero-order valence-electron chi connectivity index (χ0n) is 35.7. The molecule has 3 aliphatic heterocycles. The van der Waals surface area contributed by atoms with Gasteiger partial charge in [0.1, 0.15) is 0 Å². The van der Waals surface area contributed by atoms with Gasteiger partial charge in [0.05, 0.1) is 5.54 Å². The van der Waals surface area contributed by atoms with E-state index in [-0.39, 0.29) is 23.2 Å². The molecule has 0 amide bonds. The first-order chi connectivity index (χ1) is 28.5. The number of hydrogen-bond donors (Lipinski definition) is 0. The van der Waals surface area contributed by atoms with Crippen LogP contribution in [0.4, 0.5) is 22.7 Å². The summed E-state index contributed by atoms with van der Waals surface area (Å²) in [6.45, 7) is 17.0. The van der Waals surface area contributed by atoms with E-state index >= 15 is 0 Å². The lowest BCUT2D eigenvalue weighted by Gasteiger charge is -2.53. The fourth-order valence-electron chi connectivity index (χ4n) is 11.7. The number of rotatable bonds is 4. The number of fused-ring (bicyclic) bond motifs is 7. The van der Waals surface area contributed by atoms with E-state index in [4.69, 9.17) is 0 Å². The summed E-state index contributed by atoms with van der Waals surface area (Å²) in [7, 11) is 0. The number of nitrogens with zero attached hydrogens (tertiary/aromatic N) is 2. The Morgan fingerprint density at radius 2 is 1.17 bits per heavy atom. The molecule has 7 aromatic carbocycles. The standard InChI is InChI=1S/C56H53BN2/c1-36-17-16-18-37(2)51(36)42-32-46-45-31-41(39-21-12-9-13-22-39)25-28-49(45)59(44-26-23-40(24-27-44)38-19-10-8-11-20-38)57-48-35-43(54(3,4)5)34-47-53(48)58(50(33-42)52(46)57)56(7)30-15-14-29-55(47,56)6/h8-13,16-28,31-35H,14-15,29-30H2,1-7H3. The van der Waals surface area contributed by atoms with E-state index in [2.05, 4.69) is 204 Å². The molecule has 0 radical (unpaired) electrons. The van der Waals surface area contributed by atoms with Crippen LogP contribution >= 0.6 is 0 Å². The highest BCUT2D eigenvalue weighted by molar-refractivity contribution is 6.93. The van der Waals surface area contributed by atoms with Crippen LogP contribution in [0.3, 0.4) is 0 Å². The van der Waals surface area contributed by atoms with Crippen molar-refractivity contribution in [2.24, 2.45) is 0 Å². The van der Waals surface area contributed by atoms with Crippen molar-refractivity contribution in [2.75, 3.05) is 9.71 Å². The largest absolute Gasteiger partial charge is 0.376 e. The SMILES string of the molecule is Cc1cccc(C)c1-c1cc2c3c(c1)N1c4c(cc(C(C)(C)C)cc4C4(C)CCCCC14C)B3N(c1ccc(-c3ccccc3)cc1)c1ccc(-c3ccccc3)cc1-2. The molecule has 4 aliphatic rings. The van der Waals surface area contributed by atoms with Crippen LogP contribution in [0.25, 0.3) is 44.5 Å². The Balaban J connectivity index is 1.27. The van der Waals surface area contributed by atoms with Gasteiger partial charge in [0.25, 0.3) is 0 Å². The maximum Gasteiger partial charge on any atom is 0.333 e. The third-order valence-corrected chi connectivity index (χ3v) is 15.0. The molecule has 7 aromatic rings. The van der Waals surface area contributed by atoms with Gasteiger partial charge >= 0.3 is 6.85 Å². The van der Waals surface area contributed by atoms with Crippen molar-refractivity contribution >= 4 is 40.5 Å². The van der Waals surface area contributed by atoms with Crippen molar-refractivity contribution in [1.29, 1.82) is 0 Å². The molecule has 59 heavy (non-hydrogen) atoms. The summed E-state index contributed by atoms with van der Waals surface area (Å²) >= 11 is 0. The Morgan fingerprint density at radius 3 is 1.85 bits per heavy atom. The molecule has 3 heterocycles. The summed E-state index contributed by atoms with van der Waals surface area (Å²) in [5.74, 6) is 0. The molecule has 1 saturated carbocycles. The van der Waals surface area contributed by atoms with Crippen molar-refractivity contribution in [2.45, 2.75) is 90.5 Å². The second kappa shape index (κ2) is 12.9. The van der Waals surface area contributed by atoms with Crippen LogP contribution in [0.15, 0.2) is 146 Å². The average Bonchev–Trinajstić information content (AvgIpc) is 3.46. The Hall–Kier alpha value is -5.80. The molecule has 11 rings (SSSR count). The number of anilines is 4. The van der Waals surface area contributed by atoms with Gasteiger partial charge in [-0.1, -0.05) is 150 Å². The van der Waals surface area contributed by atoms with Gasteiger partial charge < -0.3 is 9.71 Å². The van der Waals surface area contributed by atoms with E-state index in [1.165, 1.54) is 121 Å². The van der Waals surface area contributed by atoms with Crippen LogP contribution < -0.4 is 20.6 Å². The quantitative estimate of drug-likeness (QED) is 0.165. The molecule has 2 unspecified atom stereocenters. The summed E-state index contributed by atoms with van der Waals surface area (Å²) in [6, 6.07) is 55.5. The second-order valence-corrected chi connectivity index (χ2v) is 19.4. The molecule has 2 atom stereocenters. The molecule has 290 valence electrons. The van der Waals surface area contributed by atoms with Crippen molar-refractivity contribution in [3.8, 4) is 44.5 Å². The Morgan fingerprint density at radius 1 is 0.559 bits per heavy atom. The smallest absolute Gasteiger partial charge is 0.333 e. The topological polar surface area (TPSA) is 6.48 Å². The molecule has 0 spiro atoms. The third kappa shape index (κ3) is 5.19. The lowest BCUT2D eigenvalue weighted by Crippen LogP contribution is -2.64. The van der Waals surface area contributed by atoms with Gasteiger partial charge in [-0.2, -0.15) is 0 Å². The van der Waals surface area contributed by atoms with Crippen LogP contribution in [-0.2, 0) is 10.8 Å². The van der Waals surface area contributed by atoms with Crippen molar-refractivity contribution in [3.05, 3.63) is 168 Å². The fourth-order valence-corrected chi connectivity index (χ4v) is 11.7. The summed E-state index contributed by atoms with van der Waals surface area (Å²) < 4.78 is 0.